The van der Waals surface area contributed by atoms with Crippen LogP contribution in [0.25, 0.3) is 46.4 Å². The summed E-state index contributed by atoms with van der Waals surface area (Å²) in [6.45, 7) is 0. The number of fused-ring (bicyclic) bond motifs is 8. The molecule has 2 aliphatic heterocycles. The third-order valence-electron chi connectivity index (χ3n) is 4.44. The Kier molecular flexibility index (Phi) is 3.58. The van der Waals surface area contributed by atoms with Crippen LogP contribution in [0.1, 0.15) is 22.8 Å². The summed E-state index contributed by atoms with van der Waals surface area (Å²) in [6, 6.07) is 12.6. The summed E-state index contributed by atoms with van der Waals surface area (Å²) in [5.74, 6) is 0. The van der Waals surface area contributed by atoms with Crippen molar-refractivity contribution in [2.45, 2.75) is 4.90 Å². The van der Waals surface area contributed by atoms with Gasteiger partial charge in [-0.05, 0) is 66.8 Å². The lowest BCUT2D eigenvalue weighted by atomic mass is 10.3. The number of nitrogens with one attached hydrogen (secondary N) is 2. The summed E-state index contributed by atoms with van der Waals surface area (Å²) in [5.41, 5.74) is 5.71. The molecule has 0 aromatic carbocycles. The van der Waals surface area contributed by atoms with Crippen molar-refractivity contribution < 1.29 is 8.42 Å². The van der Waals surface area contributed by atoms with Gasteiger partial charge in [-0.1, -0.05) is 0 Å². The van der Waals surface area contributed by atoms with E-state index in [1.807, 2.05) is 54.6 Å². The van der Waals surface area contributed by atoms with E-state index in [0.29, 0.717) is 16.7 Å². The molecule has 0 saturated heterocycles. The fourth-order valence-electron chi connectivity index (χ4n) is 3.23. The molecule has 0 fully saturated rings. The molecule has 3 aromatic rings. The predicted octanol–water partition coefficient (Wildman–Crippen LogP) is 3.30. The molecule has 0 atom stereocenters. The van der Waals surface area contributed by atoms with E-state index in [0.717, 1.165) is 28.1 Å². The number of nitrogens with two attached hydrogens (primary N) is 1. The monoisotopic (exact) mass is 389 g/mol. The standard InChI is InChI=1S/C20H15N5O2S/c21-28(26,27)20-11-18-9-16-4-3-14(23-16)7-12-1-2-13(22-12)8-15-5-6-17(24-15)10-19(20)25-18/h1-11,23,25H,(H2,21,26,27). The van der Waals surface area contributed by atoms with E-state index in [1.54, 1.807) is 6.07 Å². The van der Waals surface area contributed by atoms with Crippen LogP contribution in [0.4, 0.5) is 0 Å². The first-order chi connectivity index (χ1) is 13.4. The maximum absolute atomic E-state index is 12.0. The van der Waals surface area contributed by atoms with E-state index >= 15 is 0 Å². The summed E-state index contributed by atoms with van der Waals surface area (Å²) in [6.07, 6.45) is 7.53. The molecule has 8 bridgehead atoms. The summed E-state index contributed by atoms with van der Waals surface area (Å²) < 4.78 is 24.0. The maximum atomic E-state index is 12.0. The molecule has 7 nitrogen and oxygen atoms in total. The van der Waals surface area contributed by atoms with Crippen LogP contribution in [-0.4, -0.2) is 28.4 Å². The van der Waals surface area contributed by atoms with Gasteiger partial charge in [-0.15, -0.1) is 0 Å². The second-order valence-corrected chi connectivity index (χ2v) is 8.11. The van der Waals surface area contributed by atoms with E-state index in [4.69, 9.17) is 5.14 Å². The van der Waals surface area contributed by atoms with Gasteiger partial charge in [0, 0.05) is 16.6 Å². The highest BCUT2D eigenvalue weighted by atomic mass is 32.2. The fourth-order valence-corrected chi connectivity index (χ4v) is 3.93. The molecule has 3 aromatic heterocycles. The number of nitrogens with zero attached hydrogens (tertiary/aromatic N) is 2. The van der Waals surface area contributed by atoms with Crippen LogP contribution in [0.2, 0.25) is 0 Å². The van der Waals surface area contributed by atoms with Crippen molar-refractivity contribution in [3.63, 3.8) is 0 Å². The van der Waals surface area contributed by atoms with Crippen LogP contribution >= 0.6 is 0 Å². The summed E-state index contributed by atoms with van der Waals surface area (Å²) in [5, 5.41) is 5.40. The Hall–Kier alpha value is -3.49. The quantitative estimate of drug-likeness (QED) is 0.408. The van der Waals surface area contributed by atoms with Gasteiger partial charge in [0.25, 0.3) is 0 Å². The molecule has 0 aliphatic carbocycles. The Morgan fingerprint density at radius 3 is 1.89 bits per heavy atom. The van der Waals surface area contributed by atoms with Gasteiger partial charge in [-0.3, -0.25) is 0 Å². The van der Waals surface area contributed by atoms with Crippen molar-refractivity contribution in [1.29, 1.82) is 0 Å². The minimum Gasteiger partial charge on any atom is -0.355 e. The summed E-state index contributed by atoms with van der Waals surface area (Å²) >= 11 is 0. The fraction of sp³-hybridized carbons (Fsp3) is 0. The molecule has 0 unspecified atom stereocenters. The molecule has 2 aliphatic rings. The lowest BCUT2D eigenvalue weighted by molar-refractivity contribution is 0.599. The molecular formula is C20H15N5O2S. The van der Waals surface area contributed by atoms with Crippen LogP contribution in [0.15, 0.2) is 47.4 Å². The molecule has 0 radical (unpaired) electrons. The van der Waals surface area contributed by atoms with Gasteiger partial charge in [-0.2, -0.15) is 0 Å². The molecule has 0 amide bonds. The highest BCUT2D eigenvalue weighted by Gasteiger charge is 2.13. The van der Waals surface area contributed by atoms with Gasteiger partial charge in [0.2, 0.25) is 10.0 Å². The zero-order valence-corrected chi connectivity index (χ0v) is 15.4. The SMILES string of the molecule is NS(=O)(=O)c1cc2cc3ccc(cc4nc(cc5nc(cc1[nH]2)C=C5)C=C4)[nH]3. The van der Waals surface area contributed by atoms with E-state index in [9.17, 15) is 8.42 Å². The maximum Gasteiger partial charge on any atom is 0.240 e. The van der Waals surface area contributed by atoms with Crippen LogP contribution in [-0.2, 0) is 10.0 Å². The Morgan fingerprint density at radius 1 is 0.679 bits per heavy atom. The summed E-state index contributed by atoms with van der Waals surface area (Å²) in [7, 11) is -3.89. The molecular weight excluding hydrogens is 374 g/mol. The topological polar surface area (TPSA) is 118 Å². The number of H-pyrrole nitrogens is 2. The van der Waals surface area contributed by atoms with Crippen molar-refractivity contribution in [3.05, 3.63) is 65.2 Å². The first-order valence-electron chi connectivity index (χ1n) is 8.54. The van der Waals surface area contributed by atoms with Crippen LogP contribution < -0.4 is 5.14 Å². The minimum absolute atomic E-state index is 0.0249. The van der Waals surface area contributed by atoms with Crippen LogP contribution in [0, 0.1) is 0 Å². The van der Waals surface area contributed by atoms with Gasteiger partial charge < -0.3 is 9.97 Å². The van der Waals surface area contributed by atoms with Crippen LogP contribution in [0.5, 0.6) is 0 Å². The second kappa shape index (κ2) is 6.01. The lowest BCUT2D eigenvalue weighted by Crippen LogP contribution is -2.11. The predicted molar refractivity (Wildman–Crippen MR) is 110 cm³/mol. The lowest BCUT2D eigenvalue weighted by Gasteiger charge is -1.92. The number of rotatable bonds is 1. The molecule has 4 N–H and O–H groups in total. The molecule has 5 rings (SSSR count). The second-order valence-electron chi connectivity index (χ2n) is 6.58. The molecule has 0 spiro atoms. The third kappa shape index (κ3) is 3.15. The molecule has 138 valence electrons. The number of hydrogen-bond acceptors (Lipinski definition) is 4. The average Bonchev–Trinajstić information content (AvgIpc) is 3.38. The van der Waals surface area contributed by atoms with E-state index in [-0.39, 0.29) is 4.90 Å². The minimum atomic E-state index is -3.89. The smallest absolute Gasteiger partial charge is 0.240 e. The Morgan fingerprint density at radius 2 is 1.25 bits per heavy atom. The first-order valence-corrected chi connectivity index (χ1v) is 10.1. The van der Waals surface area contributed by atoms with Gasteiger partial charge in [-0.25, -0.2) is 23.5 Å². The molecule has 28 heavy (non-hydrogen) atoms. The first kappa shape index (κ1) is 16.7. The third-order valence-corrected chi connectivity index (χ3v) is 5.39. The highest BCUT2D eigenvalue weighted by Crippen LogP contribution is 2.21. The van der Waals surface area contributed by atoms with Crippen molar-refractivity contribution in [2.24, 2.45) is 5.14 Å². The molecule has 5 heterocycles. The zero-order chi connectivity index (χ0) is 19.3. The number of primary sulfonamides is 1. The van der Waals surface area contributed by atoms with Crippen molar-refractivity contribution >= 4 is 56.4 Å². The number of hydrogen-bond donors (Lipinski definition) is 3. The van der Waals surface area contributed by atoms with Crippen molar-refractivity contribution in [3.8, 4) is 0 Å². The highest BCUT2D eigenvalue weighted by molar-refractivity contribution is 7.89. The van der Waals surface area contributed by atoms with E-state index in [1.165, 1.54) is 6.07 Å². The van der Waals surface area contributed by atoms with Gasteiger partial charge >= 0.3 is 0 Å². The Balaban J connectivity index is 1.90. The Bertz CT molecular complexity index is 1440. The van der Waals surface area contributed by atoms with Crippen molar-refractivity contribution in [1.82, 2.24) is 19.9 Å². The molecule has 8 heteroatoms. The largest absolute Gasteiger partial charge is 0.355 e. The van der Waals surface area contributed by atoms with Crippen LogP contribution in [0.3, 0.4) is 0 Å². The number of aromatic nitrogens is 4. The van der Waals surface area contributed by atoms with E-state index in [2.05, 4.69) is 19.9 Å². The van der Waals surface area contributed by atoms with E-state index < -0.39 is 10.0 Å². The van der Waals surface area contributed by atoms with Gasteiger partial charge in [0.1, 0.15) is 4.90 Å². The van der Waals surface area contributed by atoms with Crippen molar-refractivity contribution in [2.75, 3.05) is 0 Å². The normalized spacial score (nSPS) is 13.2. The zero-order valence-electron chi connectivity index (χ0n) is 14.5. The van der Waals surface area contributed by atoms with Gasteiger partial charge in [0.05, 0.1) is 28.3 Å². The molecule has 0 saturated carbocycles. The Labute approximate surface area is 160 Å². The average molecular weight is 389 g/mol. The number of sulfonamides is 1. The number of aromatic amines is 2. The van der Waals surface area contributed by atoms with Gasteiger partial charge in [0.15, 0.2) is 0 Å². The summed E-state index contributed by atoms with van der Waals surface area (Å²) in [4.78, 5) is 15.5.